The number of benzene rings is 2. The van der Waals surface area contributed by atoms with Crippen molar-refractivity contribution < 1.29 is 19.1 Å². The number of furan rings is 1. The Balaban J connectivity index is 1.75. The summed E-state index contributed by atoms with van der Waals surface area (Å²) < 4.78 is 6.16. The summed E-state index contributed by atoms with van der Waals surface area (Å²) in [6, 6.07) is 11.7. The third-order valence-corrected chi connectivity index (χ3v) is 4.04. The lowest BCUT2D eigenvalue weighted by molar-refractivity contribution is 0.0830. The van der Waals surface area contributed by atoms with Crippen molar-refractivity contribution in [1.82, 2.24) is 10.9 Å². The van der Waals surface area contributed by atoms with Gasteiger partial charge < -0.3 is 9.52 Å². The largest absolute Gasteiger partial charge is 0.507 e. The number of fused-ring (bicyclic) bond motifs is 1. The topological polar surface area (TPSA) is 91.6 Å². The van der Waals surface area contributed by atoms with Gasteiger partial charge in [0.15, 0.2) is 5.76 Å². The smallest absolute Gasteiger partial charge is 0.305 e. The van der Waals surface area contributed by atoms with Crippen LogP contribution in [0.15, 0.2) is 51.4 Å². The van der Waals surface area contributed by atoms with E-state index in [1.165, 1.54) is 12.1 Å². The minimum absolute atomic E-state index is 0.0415. The van der Waals surface area contributed by atoms with Crippen LogP contribution in [0, 0.1) is 6.92 Å². The summed E-state index contributed by atoms with van der Waals surface area (Å²) in [4.78, 5) is 24.3. The Kier molecular flexibility index (Phi) is 4.26. The molecule has 6 nitrogen and oxygen atoms in total. The van der Waals surface area contributed by atoms with E-state index < -0.39 is 11.8 Å². The molecule has 0 atom stereocenters. The van der Waals surface area contributed by atoms with E-state index in [4.69, 9.17) is 4.42 Å². The van der Waals surface area contributed by atoms with Gasteiger partial charge in [-0.25, -0.2) is 0 Å². The third-order valence-electron chi connectivity index (χ3n) is 3.54. The summed E-state index contributed by atoms with van der Waals surface area (Å²) >= 11 is 3.19. The molecule has 1 aromatic heterocycles. The van der Waals surface area contributed by atoms with E-state index in [2.05, 4.69) is 26.8 Å². The molecule has 2 aromatic carbocycles. The van der Waals surface area contributed by atoms with Gasteiger partial charge >= 0.3 is 5.91 Å². The van der Waals surface area contributed by atoms with E-state index in [0.29, 0.717) is 15.6 Å². The molecule has 0 saturated heterocycles. The number of carbonyl (C=O) groups is 2. The second kappa shape index (κ2) is 6.37. The maximum absolute atomic E-state index is 12.2. The first-order chi connectivity index (χ1) is 11.5. The number of phenols is 1. The van der Waals surface area contributed by atoms with E-state index in [9.17, 15) is 14.7 Å². The molecule has 0 unspecified atom stereocenters. The van der Waals surface area contributed by atoms with Crippen molar-refractivity contribution in [2.75, 3.05) is 0 Å². The number of carbonyl (C=O) groups excluding carboxylic acids is 2. The molecule has 0 aliphatic rings. The van der Waals surface area contributed by atoms with Gasteiger partial charge in [0.1, 0.15) is 11.3 Å². The first kappa shape index (κ1) is 16.1. The molecule has 24 heavy (non-hydrogen) atoms. The van der Waals surface area contributed by atoms with Crippen molar-refractivity contribution in [3.8, 4) is 5.75 Å². The van der Waals surface area contributed by atoms with Crippen LogP contribution in [0.25, 0.3) is 11.0 Å². The van der Waals surface area contributed by atoms with Crippen LogP contribution in [0.5, 0.6) is 5.75 Å². The van der Waals surface area contributed by atoms with Gasteiger partial charge in [0, 0.05) is 15.4 Å². The Morgan fingerprint density at radius 1 is 1.08 bits per heavy atom. The number of para-hydroxylation sites is 1. The summed E-state index contributed by atoms with van der Waals surface area (Å²) in [5.74, 6) is -1.29. The molecule has 0 aliphatic heterocycles. The summed E-state index contributed by atoms with van der Waals surface area (Å²) in [7, 11) is 0. The number of amides is 2. The molecule has 7 heteroatoms. The Morgan fingerprint density at radius 2 is 1.79 bits per heavy atom. The second-order valence-electron chi connectivity index (χ2n) is 5.12. The van der Waals surface area contributed by atoms with Crippen LogP contribution in [-0.4, -0.2) is 16.9 Å². The lowest BCUT2D eigenvalue weighted by atomic mass is 10.1. The van der Waals surface area contributed by atoms with Gasteiger partial charge in [0.05, 0.1) is 5.56 Å². The van der Waals surface area contributed by atoms with E-state index >= 15 is 0 Å². The molecule has 0 saturated carbocycles. The molecular formula is C17H13BrN2O4. The number of hydrogen-bond donors (Lipinski definition) is 3. The molecule has 1 heterocycles. The molecule has 2 amide bonds. The average Bonchev–Trinajstić information content (AvgIpc) is 2.90. The van der Waals surface area contributed by atoms with E-state index in [-0.39, 0.29) is 17.1 Å². The summed E-state index contributed by atoms with van der Waals surface area (Å²) in [6.07, 6.45) is 0. The van der Waals surface area contributed by atoms with Crippen molar-refractivity contribution in [3.63, 3.8) is 0 Å². The maximum atomic E-state index is 12.2. The zero-order chi connectivity index (χ0) is 17.3. The van der Waals surface area contributed by atoms with Crippen LogP contribution in [0.3, 0.4) is 0 Å². The quantitative estimate of drug-likeness (QED) is 0.587. The number of nitrogens with one attached hydrogen (secondary N) is 2. The van der Waals surface area contributed by atoms with Crippen molar-refractivity contribution in [3.05, 3.63) is 63.8 Å². The predicted octanol–water partition coefficient (Wildman–Crippen LogP) is 3.28. The van der Waals surface area contributed by atoms with Crippen molar-refractivity contribution in [2.24, 2.45) is 0 Å². The molecule has 0 bridgehead atoms. The number of aryl methyl sites for hydroxylation is 1. The van der Waals surface area contributed by atoms with Crippen LogP contribution in [0.1, 0.15) is 26.5 Å². The van der Waals surface area contributed by atoms with Crippen molar-refractivity contribution >= 4 is 38.7 Å². The standard InChI is InChI=1S/C17H13BrN2O4/c1-9-11-4-2-3-5-14(11)24-15(9)17(23)20-19-16(22)12-7-6-10(18)8-13(12)21/h2-8,21H,1H3,(H,19,22)(H,20,23). The average molecular weight is 389 g/mol. The highest BCUT2D eigenvalue weighted by Crippen LogP contribution is 2.25. The molecule has 0 spiro atoms. The number of phenolic OH excluding ortho intramolecular Hbond substituents is 1. The van der Waals surface area contributed by atoms with Crippen LogP contribution >= 0.6 is 15.9 Å². The van der Waals surface area contributed by atoms with E-state index in [0.717, 1.165) is 5.39 Å². The minimum atomic E-state index is -0.637. The van der Waals surface area contributed by atoms with Gasteiger partial charge in [-0.1, -0.05) is 34.1 Å². The Bertz CT molecular complexity index is 949. The minimum Gasteiger partial charge on any atom is -0.507 e. The fraction of sp³-hybridized carbons (Fsp3) is 0.0588. The molecule has 3 rings (SSSR count). The molecular weight excluding hydrogens is 376 g/mol. The zero-order valence-electron chi connectivity index (χ0n) is 12.6. The normalized spacial score (nSPS) is 10.6. The lowest BCUT2D eigenvalue weighted by Crippen LogP contribution is -2.41. The first-order valence-corrected chi connectivity index (χ1v) is 7.84. The summed E-state index contributed by atoms with van der Waals surface area (Å²) in [5.41, 5.74) is 5.86. The summed E-state index contributed by atoms with van der Waals surface area (Å²) in [5, 5.41) is 10.6. The van der Waals surface area contributed by atoms with Crippen molar-refractivity contribution in [2.45, 2.75) is 6.92 Å². The monoisotopic (exact) mass is 388 g/mol. The Morgan fingerprint density at radius 3 is 2.50 bits per heavy atom. The molecule has 0 aliphatic carbocycles. The summed E-state index contributed by atoms with van der Waals surface area (Å²) in [6.45, 7) is 1.77. The highest BCUT2D eigenvalue weighted by atomic mass is 79.9. The third kappa shape index (κ3) is 2.98. The fourth-order valence-electron chi connectivity index (χ4n) is 2.33. The van der Waals surface area contributed by atoms with Crippen LogP contribution in [0.4, 0.5) is 0 Å². The van der Waals surface area contributed by atoms with Crippen LogP contribution < -0.4 is 10.9 Å². The number of hydrazine groups is 1. The van der Waals surface area contributed by atoms with Gasteiger partial charge in [-0.05, 0) is 31.2 Å². The maximum Gasteiger partial charge on any atom is 0.305 e. The number of aromatic hydroxyl groups is 1. The van der Waals surface area contributed by atoms with Crippen LogP contribution in [-0.2, 0) is 0 Å². The highest BCUT2D eigenvalue weighted by Gasteiger charge is 2.19. The number of hydrogen-bond acceptors (Lipinski definition) is 4. The number of halogens is 1. The van der Waals surface area contributed by atoms with Gasteiger partial charge in [0.2, 0.25) is 0 Å². The molecule has 3 N–H and O–H groups in total. The van der Waals surface area contributed by atoms with Crippen molar-refractivity contribution in [1.29, 1.82) is 0 Å². The van der Waals surface area contributed by atoms with Gasteiger partial charge in [-0.3, -0.25) is 20.4 Å². The number of rotatable bonds is 2. The fourth-order valence-corrected chi connectivity index (χ4v) is 2.67. The second-order valence-corrected chi connectivity index (χ2v) is 6.04. The van der Waals surface area contributed by atoms with Gasteiger partial charge in [-0.2, -0.15) is 0 Å². The molecule has 122 valence electrons. The predicted molar refractivity (Wildman–Crippen MR) is 91.7 cm³/mol. The first-order valence-electron chi connectivity index (χ1n) is 7.04. The Labute approximate surface area is 145 Å². The highest BCUT2D eigenvalue weighted by molar-refractivity contribution is 9.10. The van der Waals surface area contributed by atoms with Crippen LogP contribution in [0.2, 0.25) is 0 Å². The lowest BCUT2D eigenvalue weighted by Gasteiger charge is -2.08. The van der Waals surface area contributed by atoms with Gasteiger partial charge in [0.25, 0.3) is 5.91 Å². The SMILES string of the molecule is Cc1c(C(=O)NNC(=O)c2ccc(Br)cc2O)oc2ccccc12. The van der Waals surface area contributed by atoms with E-state index in [1.54, 1.807) is 19.1 Å². The molecule has 0 fully saturated rings. The molecule has 0 radical (unpaired) electrons. The molecule has 3 aromatic rings. The zero-order valence-corrected chi connectivity index (χ0v) is 14.2. The van der Waals surface area contributed by atoms with Gasteiger partial charge in [-0.15, -0.1) is 0 Å². The van der Waals surface area contributed by atoms with E-state index in [1.807, 2.05) is 18.2 Å². The Hall–Kier alpha value is -2.80.